The number of rotatable bonds is 4. The lowest BCUT2D eigenvalue weighted by Crippen LogP contribution is -2.21. The van der Waals surface area contributed by atoms with Crippen molar-refractivity contribution in [1.82, 2.24) is 14.1 Å². The van der Waals surface area contributed by atoms with Crippen LogP contribution in [0.4, 0.5) is 0 Å². The van der Waals surface area contributed by atoms with Crippen LogP contribution in [0.3, 0.4) is 0 Å². The number of aryl methyl sites for hydroxylation is 1. The largest absolute Gasteiger partial charge is 0.304 e. The van der Waals surface area contributed by atoms with Crippen LogP contribution in [0.1, 0.15) is 29.1 Å². The second-order valence-corrected chi connectivity index (χ2v) is 4.80. The van der Waals surface area contributed by atoms with Crippen LogP contribution >= 0.6 is 23.1 Å². The van der Waals surface area contributed by atoms with Crippen LogP contribution in [-0.2, 0) is 0 Å². The summed E-state index contributed by atoms with van der Waals surface area (Å²) < 4.78 is 8.37. The number of hydrogen-bond acceptors (Lipinski definition) is 5. The van der Waals surface area contributed by atoms with Gasteiger partial charge in [0.1, 0.15) is 0 Å². The molecule has 0 fully saturated rings. The van der Waals surface area contributed by atoms with Gasteiger partial charge in [-0.2, -0.15) is 8.75 Å². The first-order chi connectivity index (χ1) is 7.33. The number of aromatic nitrogens is 2. The molecular weight excluding hydrogens is 226 g/mol. The fourth-order valence-corrected chi connectivity index (χ4v) is 2.98. The number of hydrogen-bond donors (Lipinski definition) is 1. The van der Waals surface area contributed by atoms with Crippen LogP contribution < -0.4 is 5.32 Å². The van der Waals surface area contributed by atoms with E-state index in [2.05, 4.69) is 39.4 Å². The van der Waals surface area contributed by atoms with Gasteiger partial charge in [0.2, 0.25) is 0 Å². The standard InChI is InChI=1S/C10H13N3S2/c1-3-11-9(8-6-12-15-13-8)10-7(2)4-5-14-10/h4-6,9,11H,3H2,1-2H3. The van der Waals surface area contributed by atoms with Crippen molar-refractivity contribution in [1.29, 1.82) is 0 Å². The summed E-state index contributed by atoms with van der Waals surface area (Å²) >= 11 is 3.03. The Hall–Kier alpha value is -0.780. The highest BCUT2D eigenvalue weighted by Gasteiger charge is 2.18. The Morgan fingerprint density at radius 3 is 2.93 bits per heavy atom. The molecule has 0 saturated carbocycles. The maximum atomic E-state index is 4.31. The third-order valence-electron chi connectivity index (χ3n) is 2.25. The molecular formula is C10H13N3S2. The molecule has 0 aliphatic rings. The van der Waals surface area contributed by atoms with Gasteiger partial charge < -0.3 is 5.32 Å². The van der Waals surface area contributed by atoms with Gasteiger partial charge in [0.25, 0.3) is 0 Å². The van der Waals surface area contributed by atoms with E-state index in [1.54, 1.807) is 11.3 Å². The summed E-state index contributed by atoms with van der Waals surface area (Å²) in [5.74, 6) is 0. The summed E-state index contributed by atoms with van der Waals surface area (Å²) in [5, 5.41) is 5.56. The predicted octanol–water partition coefficient (Wildman–Crippen LogP) is 2.61. The van der Waals surface area contributed by atoms with Crippen molar-refractivity contribution >= 4 is 23.1 Å². The van der Waals surface area contributed by atoms with Gasteiger partial charge in [0.05, 0.1) is 29.7 Å². The molecule has 1 atom stereocenters. The summed E-state index contributed by atoms with van der Waals surface area (Å²) in [6, 6.07) is 2.35. The topological polar surface area (TPSA) is 37.8 Å². The SMILES string of the molecule is CCNC(c1cnsn1)c1sccc1C. The molecule has 0 spiro atoms. The molecule has 0 amide bonds. The maximum Gasteiger partial charge on any atom is 0.0966 e. The van der Waals surface area contributed by atoms with Crippen molar-refractivity contribution in [3.63, 3.8) is 0 Å². The molecule has 2 aromatic rings. The number of nitrogens with zero attached hydrogens (tertiary/aromatic N) is 2. The van der Waals surface area contributed by atoms with E-state index in [1.807, 2.05) is 6.20 Å². The van der Waals surface area contributed by atoms with E-state index < -0.39 is 0 Å². The summed E-state index contributed by atoms with van der Waals surface area (Å²) in [7, 11) is 0. The Kier molecular flexibility index (Phi) is 3.45. The zero-order chi connectivity index (χ0) is 10.7. The molecule has 0 aliphatic heterocycles. The molecule has 0 bridgehead atoms. The lowest BCUT2D eigenvalue weighted by Gasteiger charge is -2.14. The minimum atomic E-state index is 0.203. The first-order valence-electron chi connectivity index (χ1n) is 4.87. The minimum Gasteiger partial charge on any atom is -0.304 e. The van der Waals surface area contributed by atoms with Crippen molar-refractivity contribution < 1.29 is 0 Å². The van der Waals surface area contributed by atoms with Crippen molar-refractivity contribution in [3.05, 3.63) is 33.8 Å². The van der Waals surface area contributed by atoms with Gasteiger partial charge in [-0.1, -0.05) is 6.92 Å². The van der Waals surface area contributed by atoms with E-state index in [0.717, 1.165) is 12.2 Å². The highest BCUT2D eigenvalue weighted by atomic mass is 32.1. The van der Waals surface area contributed by atoms with E-state index in [0.29, 0.717) is 0 Å². The smallest absolute Gasteiger partial charge is 0.0966 e. The first kappa shape index (κ1) is 10.7. The molecule has 0 aliphatic carbocycles. The summed E-state index contributed by atoms with van der Waals surface area (Å²) in [6.07, 6.45) is 1.84. The van der Waals surface area contributed by atoms with Crippen molar-refractivity contribution in [2.24, 2.45) is 0 Å². The molecule has 3 nitrogen and oxygen atoms in total. The molecule has 2 rings (SSSR count). The first-order valence-corrected chi connectivity index (χ1v) is 6.48. The van der Waals surface area contributed by atoms with Gasteiger partial charge in [0, 0.05) is 4.88 Å². The van der Waals surface area contributed by atoms with Crippen LogP contribution in [0, 0.1) is 6.92 Å². The monoisotopic (exact) mass is 239 g/mol. The fourth-order valence-electron chi connectivity index (χ4n) is 1.51. The van der Waals surface area contributed by atoms with Crippen LogP contribution in [0.5, 0.6) is 0 Å². The van der Waals surface area contributed by atoms with Crippen LogP contribution in [0.2, 0.25) is 0 Å². The van der Waals surface area contributed by atoms with E-state index >= 15 is 0 Å². The zero-order valence-corrected chi connectivity index (χ0v) is 10.4. The van der Waals surface area contributed by atoms with E-state index in [1.165, 1.54) is 22.2 Å². The lowest BCUT2D eigenvalue weighted by molar-refractivity contribution is 0.626. The normalized spacial score (nSPS) is 12.9. The molecule has 2 aromatic heterocycles. The number of nitrogens with one attached hydrogen (secondary N) is 1. The van der Waals surface area contributed by atoms with Crippen molar-refractivity contribution in [2.45, 2.75) is 19.9 Å². The van der Waals surface area contributed by atoms with Gasteiger partial charge >= 0.3 is 0 Å². The molecule has 80 valence electrons. The maximum absolute atomic E-state index is 4.31. The minimum absolute atomic E-state index is 0.203. The predicted molar refractivity (Wildman–Crippen MR) is 64.5 cm³/mol. The Labute approximate surface area is 97.5 Å². The van der Waals surface area contributed by atoms with Crippen molar-refractivity contribution in [2.75, 3.05) is 6.54 Å². The second kappa shape index (κ2) is 4.83. The molecule has 2 heterocycles. The van der Waals surface area contributed by atoms with Crippen molar-refractivity contribution in [3.8, 4) is 0 Å². The molecule has 0 saturated heterocycles. The summed E-state index contributed by atoms with van der Waals surface area (Å²) in [4.78, 5) is 1.34. The Morgan fingerprint density at radius 1 is 1.53 bits per heavy atom. The average Bonchev–Trinajstić information content (AvgIpc) is 2.85. The molecule has 1 unspecified atom stereocenters. The van der Waals surface area contributed by atoms with Gasteiger partial charge in [-0.3, -0.25) is 0 Å². The lowest BCUT2D eigenvalue weighted by atomic mass is 10.1. The van der Waals surface area contributed by atoms with Gasteiger partial charge in [-0.25, -0.2) is 0 Å². The number of thiophene rings is 1. The third-order valence-corrected chi connectivity index (χ3v) is 3.82. The van der Waals surface area contributed by atoms with E-state index in [-0.39, 0.29) is 6.04 Å². The Balaban J connectivity index is 2.32. The van der Waals surface area contributed by atoms with E-state index in [9.17, 15) is 0 Å². The highest BCUT2D eigenvalue weighted by molar-refractivity contribution is 7.10. The Morgan fingerprint density at radius 2 is 2.40 bits per heavy atom. The Bertz CT molecular complexity index is 408. The molecule has 15 heavy (non-hydrogen) atoms. The summed E-state index contributed by atoms with van der Waals surface area (Å²) in [6.45, 7) is 5.17. The van der Waals surface area contributed by atoms with Gasteiger partial charge in [-0.05, 0) is 30.5 Å². The molecule has 0 radical (unpaired) electrons. The van der Waals surface area contributed by atoms with E-state index in [4.69, 9.17) is 0 Å². The molecule has 0 aromatic carbocycles. The van der Waals surface area contributed by atoms with Gasteiger partial charge in [0.15, 0.2) is 0 Å². The molecule has 1 N–H and O–H groups in total. The van der Waals surface area contributed by atoms with Crippen LogP contribution in [0.15, 0.2) is 17.6 Å². The third kappa shape index (κ3) is 2.25. The zero-order valence-electron chi connectivity index (χ0n) is 8.73. The quantitative estimate of drug-likeness (QED) is 0.891. The fraction of sp³-hybridized carbons (Fsp3) is 0.400. The summed E-state index contributed by atoms with van der Waals surface area (Å²) in [5.41, 5.74) is 2.34. The highest BCUT2D eigenvalue weighted by Crippen LogP contribution is 2.28. The average molecular weight is 239 g/mol. The van der Waals surface area contributed by atoms with Crippen LogP contribution in [-0.4, -0.2) is 15.3 Å². The molecule has 5 heteroatoms. The second-order valence-electron chi connectivity index (χ2n) is 3.29. The van der Waals surface area contributed by atoms with Crippen LogP contribution in [0.25, 0.3) is 0 Å². The van der Waals surface area contributed by atoms with Gasteiger partial charge in [-0.15, -0.1) is 11.3 Å².